The van der Waals surface area contributed by atoms with E-state index >= 15 is 0 Å². The lowest BCUT2D eigenvalue weighted by atomic mass is 10.2. The zero-order valence-corrected chi connectivity index (χ0v) is 24.0. The number of rotatable bonds is 25. The molecule has 1 aromatic rings. The molecule has 0 spiro atoms. The Labute approximate surface area is 230 Å². The number of piperazine rings is 1. The van der Waals surface area contributed by atoms with E-state index in [2.05, 4.69) is 31.9 Å². The maximum atomic E-state index is 9.23. The molecule has 2 rings (SSSR count). The van der Waals surface area contributed by atoms with E-state index in [9.17, 15) is 5.11 Å². The van der Waals surface area contributed by atoms with Gasteiger partial charge >= 0.3 is 0 Å². The van der Waals surface area contributed by atoms with Gasteiger partial charge in [0.1, 0.15) is 5.69 Å². The van der Waals surface area contributed by atoms with Crippen LogP contribution in [0.1, 0.15) is 51.1 Å². The zero-order chi connectivity index (χ0) is 27.1. The highest BCUT2D eigenvalue weighted by molar-refractivity contribution is 4.89. The molecule has 1 aliphatic heterocycles. The SMILES string of the molecule is CCCn1cc(COCCOCCOCCCCCN2CCN(CCCN(CCO)CCCN)CC2)nn1. The third-order valence-corrected chi connectivity index (χ3v) is 6.80. The predicted octanol–water partition coefficient (Wildman–Crippen LogP) is 1.06. The second-order valence-electron chi connectivity index (χ2n) is 10.1. The van der Waals surface area contributed by atoms with Crippen LogP contribution < -0.4 is 5.73 Å². The maximum Gasteiger partial charge on any atom is 0.108 e. The van der Waals surface area contributed by atoms with Crippen molar-refractivity contribution in [3.63, 3.8) is 0 Å². The van der Waals surface area contributed by atoms with Crippen LogP contribution in [0, 0.1) is 0 Å². The van der Waals surface area contributed by atoms with E-state index in [1.807, 2.05) is 10.9 Å². The van der Waals surface area contributed by atoms with Crippen molar-refractivity contribution in [1.82, 2.24) is 29.7 Å². The number of aliphatic hydroxyl groups is 1. The Morgan fingerprint density at radius 2 is 1.47 bits per heavy atom. The van der Waals surface area contributed by atoms with E-state index in [-0.39, 0.29) is 6.61 Å². The summed E-state index contributed by atoms with van der Waals surface area (Å²) < 4.78 is 18.7. The molecule has 0 radical (unpaired) electrons. The lowest BCUT2D eigenvalue weighted by Gasteiger charge is -2.35. The first kappa shape index (κ1) is 33.0. The average Bonchev–Trinajstić information content (AvgIpc) is 3.38. The first-order valence-electron chi connectivity index (χ1n) is 14.8. The van der Waals surface area contributed by atoms with Gasteiger partial charge in [-0.25, -0.2) is 0 Å². The van der Waals surface area contributed by atoms with Gasteiger partial charge in [-0.15, -0.1) is 5.10 Å². The van der Waals surface area contributed by atoms with Crippen molar-refractivity contribution in [2.45, 2.75) is 58.6 Å². The van der Waals surface area contributed by atoms with Gasteiger partial charge < -0.3 is 39.8 Å². The van der Waals surface area contributed by atoms with Crippen LogP contribution in [0.25, 0.3) is 0 Å². The summed E-state index contributed by atoms with van der Waals surface area (Å²) >= 11 is 0. The summed E-state index contributed by atoms with van der Waals surface area (Å²) in [7, 11) is 0. The number of aryl methyl sites for hydroxylation is 1. The van der Waals surface area contributed by atoms with Gasteiger partial charge in [0.25, 0.3) is 0 Å². The third kappa shape index (κ3) is 16.0. The van der Waals surface area contributed by atoms with Gasteiger partial charge in [0.05, 0.1) is 45.8 Å². The number of hydrogen-bond donors (Lipinski definition) is 2. The van der Waals surface area contributed by atoms with Crippen LogP contribution in [0.3, 0.4) is 0 Å². The smallest absolute Gasteiger partial charge is 0.108 e. The summed E-state index contributed by atoms with van der Waals surface area (Å²) in [5.74, 6) is 0. The highest BCUT2D eigenvalue weighted by Crippen LogP contribution is 2.06. The monoisotopic (exact) mass is 541 g/mol. The van der Waals surface area contributed by atoms with Crippen LogP contribution >= 0.6 is 0 Å². The van der Waals surface area contributed by atoms with Gasteiger partial charge in [-0.3, -0.25) is 4.68 Å². The highest BCUT2D eigenvalue weighted by Gasteiger charge is 2.16. The number of aromatic nitrogens is 3. The molecule has 0 aliphatic carbocycles. The standard InChI is InChI=1S/C27H55N7O4/c1-2-9-34-25-27(29-30-34)26-38-24-23-37-22-21-36-20-5-3-4-10-32-14-16-33(17-15-32)13-7-12-31(18-19-35)11-6-8-28/h25,35H,2-24,26,28H2,1H3. The molecule has 1 saturated heterocycles. The average molecular weight is 542 g/mol. The summed E-state index contributed by atoms with van der Waals surface area (Å²) in [6.45, 7) is 17.4. The van der Waals surface area contributed by atoms with E-state index < -0.39 is 0 Å². The topological polar surface area (TPSA) is 114 Å². The van der Waals surface area contributed by atoms with Crippen molar-refractivity contribution < 1.29 is 19.3 Å². The van der Waals surface area contributed by atoms with Crippen LogP contribution in [-0.2, 0) is 27.4 Å². The molecule has 11 heteroatoms. The second-order valence-corrected chi connectivity index (χ2v) is 10.1. The summed E-state index contributed by atoms with van der Waals surface area (Å²) in [5.41, 5.74) is 6.48. The van der Waals surface area contributed by atoms with Gasteiger partial charge in [0.2, 0.25) is 0 Å². The van der Waals surface area contributed by atoms with Crippen LogP contribution in [0.2, 0.25) is 0 Å². The molecule has 0 atom stereocenters. The van der Waals surface area contributed by atoms with Crippen molar-refractivity contribution in [3.8, 4) is 0 Å². The summed E-state index contributed by atoms with van der Waals surface area (Å²) in [5, 5.41) is 17.4. The van der Waals surface area contributed by atoms with E-state index in [4.69, 9.17) is 19.9 Å². The van der Waals surface area contributed by atoms with Gasteiger partial charge in [0.15, 0.2) is 0 Å². The molecule has 0 amide bonds. The quantitative estimate of drug-likeness (QED) is 0.174. The van der Waals surface area contributed by atoms with Crippen molar-refractivity contribution in [3.05, 3.63) is 11.9 Å². The molecule has 1 aliphatic rings. The molecule has 38 heavy (non-hydrogen) atoms. The van der Waals surface area contributed by atoms with Crippen molar-refractivity contribution in [1.29, 1.82) is 0 Å². The number of aliphatic hydroxyl groups excluding tert-OH is 1. The van der Waals surface area contributed by atoms with E-state index in [0.717, 1.165) is 90.3 Å². The minimum atomic E-state index is 0.229. The van der Waals surface area contributed by atoms with Crippen LogP contribution in [-0.4, -0.2) is 140 Å². The fourth-order valence-corrected chi connectivity index (χ4v) is 4.62. The number of nitrogens with zero attached hydrogens (tertiary/aromatic N) is 6. The first-order valence-corrected chi connectivity index (χ1v) is 14.8. The largest absolute Gasteiger partial charge is 0.395 e. The Morgan fingerprint density at radius 1 is 0.816 bits per heavy atom. The number of ether oxygens (including phenoxy) is 3. The van der Waals surface area contributed by atoms with Gasteiger partial charge in [-0.2, -0.15) is 0 Å². The van der Waals surface area contributed by atoms with Crippen molar-refractivity contribution in [2.24, 2.45) is 5.73 Å². The molecular formula is C27H55N7O4. The van der Waals surface area contributed by atoms with Crippen molar-refractivity contribution in [2.75, 3.05) is 105 Å². The molecule has 11 nitrogen and oxygen atoms in total. The summed E-state index contributed by atoms with van der Waals surface area (Å²) in [6, 6.07) is 0. The first-order chi connectivity index (χ1) is 18.7. The van der Waals surface area contributed by atoms with Crippen molar-refractivity contribution >= 4 is 0 Å². The number of nitrogens with two attached hydrogens (primary N) is 1. The predicted molar refractivity (Wildman–Crippen MR) is 150 cm³/mol. The highest BCUT2D eigenvalue weighted by atomic mass is 16.5. The third-order valence-electron chi connectivity index (χ3n) is 6.80. The molecule has 0 saturated carbocycles. The summed E-state index contributed by atoms with van der Waals surface area (Å²) in [6.07, 6.45) is 8.69. The Morgan fingerprint density at radius 3 is 2.16 bits per heavy atom. The Hall–Kier alpha value is -1.18. The van der Waals surface area contributed by atoms with Crippen LogP contribution in [0.5, 0.6) is 0 Å². The fourth-order valence-electron chi connectivity index (χ4n) is 4.62. The Balaban J connectivity index is 1.32. The van der Waals surface area contributed by atoms with Gasteiger partial charge in [-0.1, -0.05) is 12.1 Å². The molecule has 2 heterocycles. The molecule has 0 unspecified atom stereocenters. The van der Waals surface area contributed by atoms with E-state index in [1.54, 1.807) is 0 Å². The van der Waals surface area contributed by atoms with Gasteiger partial charge in [-0.05, 0) is 71.2 Å². The van der Waals surface area contributed by atoms with E-state index in [0.29, 0.717) is 33.0 Å². The lowest BCUT2D eigenvalue weighted by Crippen LogP contribution is -2.47. The second kappa shape index (κ2) is 22.6. The van der Waals surface area contributed by atoms with E-state index in [1.165, 1.54) is 32.5 Å². The normalized spacial score (nSPS) is 15.2. The fraction of sp³-hybridized carbons (Fsp3) is 0.926. The molecule has 0 aromatic carbocycles. The Kier molecular flexibility index (Phi) is 19.7. The van der Waals surface area contributed by atoms with Gasteiger partial charge in [0, 0.05) is 45.9 Å². The maximum absolute atomic E-state index is 9.23. The minimum absolute atomic E-state index is 0.229. The lowest BCUT2D eigenvalue weighted by molar-refractivity contribution is 0.00937. The zero-order valence-electron chi connectivity index (χ0n) is 24.0. The number of hydrogen-bond acceptors (Lipinski definition) is 10. The molecule has 1 fully saturated rings. The molecule has 1 aromatic heterocycles. The Bertz CT molecular complexity index is 659. The molecule has 0 bridgehead atoms. The van der Waals surface area contributed by atoms with Crippen LogP contribution in [0.4, 0.5) is 0 Å². The molecular weight excluding hydrogens is 486 g/mol. The number of unbranched alkanes of at least 4 members (excludes halogenated alkanes) is 2. The summed E-state index contributed by atoms with van der Waals surface area (Å²) in [4.78, 5) is 7.51. The molecule has 222 valence electrons. The molecule has 3 N–H and O–H groups in total. The van der Waals surface area contributed by atoms with Crippen LogP contribution in [0.15, 0.2) is 6.20 Å². The minimum Gasteiger partial charge on any atom is -0.395 e.